The third-order valence-corrected chi connectivity index (χ3v) is 2.14. The lowest BCUT2D eigenvalue weighted by atomic mass is 10.2. The molecule has 0 atom stereocenters. The van der Waals surface area contributed by atoms with Crippen molar-refractivity contribution < 1.29 is 17.5 Å². The van der Waals surface area contributed by atoms with Crippen molar-refractivity contribution in [3.63, 3.8) is 0 Å². The van der Waals surface area contributed by atoms with Crippen LogP contribution in [0.2, 0.25) is 0 Å². The summed E-state index contributed by atoms with van der Waals surface area (Å²) in [6, 6.07) is 4.41. The summed E-state index contributed by atoms with van der Waals surface area (Å²) in [4.78, 5) is 0. The molecular weight excluding hydrogens is 238 g/mol. The van der Waals surface area contributed by atoms with Gasteiger partial charge in [-0.2, -0.15) is 8.42 Å². The maximum absolute atomic E-state index is 9.19. The second-order valence-corrected chi connectivity index (χ2v) is 5.35. The van der Waals surface area contributed by atoms with Gasteiger partial charge in [0, 0.05) is 18.6 Å². The quantitative estimate of drug-likeness (QED) is 0.664. The third kappa shape index (κ3) is 11.3. The van der Waals surface area contributed by atoms with Crippen molar-refractivity contribution in [1.29, 1.82) is 0 Å². The van der Waals surface area contributed by atoms with Crippen LogP contribution < -0.4 is 4.57 Å². The van der Waals surface area contributed by atoms with E-state index in [0.29, 0.717) is 6.26 Å². The molecule has 0 saturated carbocycles. The van der Waals surface area contributed by atoms with Crippen molar-refractivity contribution in [2.75, 3.05) is 6.26 Å². The Labute approximate surface area is 104 Å². The first-order chi connectivity index (χ1) is 7.86. The molecule has 1 aromatic heterocycles. The fraction of sp³-hybridized carbons (Fsp3) is 0.583. The lowest BCUT2D eigenvalue weighted by Crippen LogP contribution is -2.32. The highest BCUT2D eigenvalue weighted by Crippen LogP contribution is 1.95. The molecule has 0 unspecified atom stereocenters. The Morgan fingerprint density at radius 2 is 1.71 bits per heavy atom. The first-order valence-electron chi connectivity index (χ1n) is 5.77. The number of aryl methyl sites for hydroxylation is 2. The Morgan fingerprint density at radius 3 is 2.06 bits per heavy atom. The van der Waals surface area contributed by atoms with Crippen LogP contribution in [0.15, 0.2) is 24.5 Å². The maximum atomic E-state index is 9.19. The van der Waals surface area contributed by atoms with Gasteiger partial charge in [-0.15, -0.1) is 0 Å². The number of aromatic nitrogens is 1. The summed E-state index contributed by atoms with van der Waals surface area (Å²) in [6.07, 6.45) is 8.74. The van der Waals surface area contributed by atoms with Crippen LogP contribution in [0.4, 0.5) is 0 Å². The minimum Gasteiger partial charge on any atom is -0.286 e. The van der Waals surface area contributed by atoms with E-state index in [1.54, 1.807) is 0 Å². The number of pyridine rings is 1. The van der Waals surface area contributed by atoms with Crippen molar-refractivity contribution in [2.45, 2.75) is 39.7 Å². The largest absolute Gasteiger partial charge is 0.286 e. The Bertz CT molecular complexity index is 390. The molecule has 0 saturated heterocycles. The van der Waals surface area contributed by atoms with E-state index in [-0.39, 0.29) is 0 Å². The lowest BCUT2D eigenvalue weighted by Gasteiger charge is -1.96. The van der Waals surface area contributed by atoms with E-state index in [2.05, 4.69) is 42.9 Å². The van der Waals surface area contributed by atoms with E-state index in [1.165, 1.54) is 18.4 Å². The topological polar surface area (TPSA) is 58.2 Å². The summed E-state index contributed by atoms with van der Waals surface area (Å²) in [5, 5.41) is 0. The summed E-state index contributed by atoms with van der Waals surface area (Å²) < 4.78 is 28.1. The van der Waals surface area contributed by atoms with Crippen LogP contribution in [-0.2, 0) is 23.1 Å². The normalized spacial score (nSPS) is 10.6. The average molecular weight is 260 g/mol. The van der Waals surface area contributed by atoms with E-state index in [4.69, 9.17) is 4.55 Å². The average Bonchev–Trinajstić information content (AvgIpc) is 2.25. The van der Waals surface area contributed by atoms with E-state index in [9.17, 15) is 8.42 Å². The van der Waals surface area contributed by atoms with E-state index in [1.807, 2.05) is 0 Å². The fourth-order valence-corrected chi connectivity index (χ4v) is 1.21. The summed E-state index contributed by atoms with van der Waals surface area (Å²) in [6.45, 7) is 5.56. The van der Waals surface area contributed by atoms with Crippen molar-refractivity contribution in [3.8, 4) is 0 Å². The van der Waals surface area contributed by atoms with Gasteiger partial charge in [-0.3, -0.25) is 4.55 Å². The summed E-state index contributed by atoms with van der Waals surface area (Å²) in [7, 11) is -3.67. The molecule has 0 aliphatic carbocycles. The Kier molecular flexibility index (Phi) is 7.74. The van der Waals surface area contributed by atoms with Crippen molar-refractivity contribution >= 4 is 10.1 Å². The van der Waals surface area contributed by atoms with Crippen LogP contribution in [-0.4, -0.2) is 19.2 Å². The highest BCUT2D eigenvalue weighted by Gasteiger charge is 1.97. The standard InChI is InChI=1S/C11H18N.CH4O3S/c1-3-5-8-12-9-6-11(4-2)7-10-12;1-5(2,3)4/h6-7,9-10H,3-5,8H2,1-2H3;1H3,(H,2,3,4)/q+1;. The summed E-state index contributed by atoms with van der Waals surface area (Å²) in [5.41, 5.74) is 1.42. The number of rotatable bonds is 4. The molecule has 5 heteroatoms. The van der Waals surface area contributed by atoms with Crippen LogP contribution in [0.1, 0.15) is 32.3 Å². The zero-order chi connectivity index (χ0) is 13.3. The lowest BCUT2D eigenvalue weighted by molar-refractivity contribution is -0.697. The van der Waals surface area contributed by atoms with Gasteiger partial charge in [-0.1, -0.05) is 20.3 Å². The van der Waals surface area contributed by atoms with Gasteiger partial charge in [-0.25, -0.2) is 4.57 Å². The third-order valence-electron chi connectivity index (χ3n) is 2.14. The number of hydrogen-bond donors (Lipinski definition) is 1. The van der Waals surface area contributed by atoms with Crippen molar-refractivity contribution in [2.24, 2.45) is 0 Å². The number of nitrogens with zero attached hydrogens (tertiary/aromatic N) is 1. The molecule has 1 N–H and O–H groups in total. The van der Waals surface area contributed by atoms with Crippen LogP contribution in [0.5, 0.6) is 0 Å². The Morgan fingerprint density at radius 1 is 1.24 bits per heavy atom. The van der Waals surface area contributed by atoms with Gasteiger partial charge < -0.3 is 0 Å². The molecule has 98 valence electrons. The SMILES string of the molecule is CCCC[n+]1ccc(CC)cc1.CS(=O)(=O)O. The van der Waals surface area contributed by atoms with Gasteiger partial charge in [0.05, 0.1) is 6.26 Å². The van der Waals surface area contributed by atoms with Gasteiger partial charge in [0.15, 0.2) is 12.4 Å². The molecule has 0 spiro atoms. The van der Waals surface area contributed by atoms with E-state index < -0.39 is 10.1 Å². The number of unbranched alkanes of at least 4 members (excludes halogenated alkanes) is 1. The summed E-state index contributed by atoms with van der Waals surface area (Å²) >= 11 is 0. The second kappa shape index (κ2) is 8.20. The van der Waals surface area contributed by atoms with Gasteiger partial charge in [0.2, 0.25) is 0 Å². The molecule has 4 nitrogen and oxygen atoms in total. The smallest absolute Gasteiger partial charge is 0.261 e. The zero-order valence-corrected chi connectivity index (χ0v) is 11.6. The predicted octanol–water partition coefficient (Wildman–Crippen LogP) is 1.84. The molecule has 1 aromatic rings. The highest BCUT2D eigenvalue weighted by molar-refractivity contribution is 7.85. The van der Waals surface area contributed by atoms with Gasteiger partial charge in [-0.05, 0) is 12.0 Å². The monoisotopic (exact) mass is 260 g/mol. The van der Waals surface area contributed by atoms with Crippen LogP contribution in [0, 0.1) is 0 Å². The van der Waals surface area contributed by atoms with Crippen molar-refractivity contribution in [1.82, 2.24) is 0 Å². The first-order valence-corrected chi connectivity index (χ1v) is 7.62. The molecule has 0 aromatic carbocycles. The van der Waals surface area contributed by atoms with Gasteiger partial charge in [0.1, 0.15) is 6.54 Å². The molecule has 17 heavy (non-hydrogen) atoms. The van der Waals surface area contributed by atoms with Crippen LogP contribution in [0.25, 0.3) is 0 Å². The Balaban J connectivity index is 0.000000437. The highest BCUT2D eigenvalue weighted by atomic mass is 32.2. The summed E-state index contributed by atoms with van der Waals surface area (Å²) in [5.74, 6) is 0. The molecule has 0 aliphatic heterocycles. The molecule has 0 radical (unpaired) electrons. The molecule has 0 bridgehead atoms. The minimum atomic E-state index is -3.67. The molecule has 1 rings (SSSR count). The molecule has 0 amide bonds. The Hall–Kier alpha value is -0.940. The molecule has 0 fully saturated rings. The maximum Gasteiger partial charge on any atom is 0.261 e. The van der Waals surface area contributed by atoms with Gasteiger partial charge >= 0.3 is 0 Å². The van der Waals surface area contributed by atoms with E-state index in [0.717, 1.165) is 13.0 Å². The molecular formula is C12H22NO3S+. The minimum absolute atomic E-state index is 0.715. The number of hydrogen-bond acceptors (Lipinski definition) is 2. The van der Waals surface area contributed by atoms with E-state index >= 15 is 0 Å². The zero-order valence-electron chi connectivity index (χ0n) is 10.8. The fourth-order valence-electron chi connectivity index (χ4n) is 1.21. The molecule has 1 heterocycles. The second-order valence-electron chi connectivity index (χ2n) is 3.88. The van der Waals surface area contributed by atoms with Crippen LogP contribution in [0.3, 0.4) is 0 Å². The van der Waals surface area contributed by atoms with Gasteiger partial charge in [0.25, 0.3) is 10.1 Å². The van der Waals surface area contributed by atoms with Crippen molar-refractivity contribution in [3.05, 3.63) is 30.1 Å². The van der Waals surface area contributed by atoms with Crippen LogP contribution >= 0.6 is 0 Å². The first kappa shape index (κ1) is 16.1. The predicted molar refractivity (Wildman–Crippen MR) is 68.4 cm³/mol. The molecule has 0 aliphatic rings.